The summed E-state index contributed by atoms with van der Waals surface area (Å²) in [6.07, 6.45) is 10.9. The maximum absolute atomic E-state index is 11.4. The number of anilines is 4. The van der Waals surface area contributed by atoms with Crippen LogP contribution in [0.3, 0.4) is 0 Å². The molecule has 0 unspecified atom stereocenters. The Bertz CT molecular complexity index is 1210. The van der Waals surface area contributed by atoms with Crippen LogP contribution in [0.2, 0.25) is 5.02 Å². The average molecular weight is 475 g/mol. The Labute approximate surface area is 203 Å². The van der Waals surface area contributed by atoms with Gasteiger partial charge < -0.3 is 15.7 Å². The largest absolute Gasteiger partial charge is 0.477 e. The number of nitrogens with one attached hydrogen (secondary N) is 2. The molecule has 4 fully saturated rings. The molecular formula is C27H27ClN4O2. The lowest BCUT2D eigenvalue weighted by atomic mass is 9.48. The smallest absolute Gasteiger partial charge is 0.341 e. The molecule has 3 aromatic rings. The van der Waals surface area contributed by atoms with Crippen LogP contribution in [0, 0.1) is 17.8 Å². The number of carboxylic acids is 1. The van der Waals surface area contributed by atoms with Crippen molar-refractivity contribution in [1.29, 1.82) is 0 Å². The molecule has 34 heavy (non-hydrogen) atoms. The van der Waals surface area contributed by atoms with Gasteiger partial charge in [-0.3, -0.25) is 0 Å². The highest BCUT2D eigenvalue weighted by molar-refractivity contribution is 6.33. The highest BCUT2D eigenvalue weighted by Gasteiger charge is 2.51. The molecule has 6 nitrogen and oxygen atoms in total. The van der Waals surface area contributed by atoms with Crippen LogP contribution in [0.4, 0.5) is 22.9 Å². The van der Waals surface area contributed by atoms with Gasteiger partial charge in [-0.1, -0.05) is 17.7 Å². The Morgan fingerprint density at radius 3 is 2.15 bits per heavy atom. The fourth-order valence-corrected chi connectivity index (χ4v) is 7.15. The molecule has 174 valence electrons. The van der Waals surface area contributed by atoms with Crippen LogP contribution in [-0.2, 0) is 5.41 Å². The van der Waals surface area contributed by atoms with Gasteiger partial charge in [-0.15, -0.1) is 0 Å². The molecule has 3 N–H and O–H groups in total. The van der Waals surface area contributed by atoms with Crippen molar-refractivity contribution in [3.05, 3.63) is 71.1 Å². The Balaban J connectivity index is 1.17. The number of rotatable bonds is 6. The summed E-state index contributed by atoms with van der Waals surface area (Å²) in [6.45, 7) is 0. The first kappa shape index (κ1) is 21.4. The predicted molar refractivity (Wildman–Crippen MR) is 133 cm³/mol. The average Bonchev–Trinajstić information content (AvgIpc) is 2.81. The summed E-state index contributed by atoms with van der Waals surface area (Å²) < 4.78 is 0. The number of hydrogen-bond acceptors (Lipinski definition) is 5. The molecule has 1 aromatic heterocycles. The lowest BCUT2D eigenvalue weighted by molar-refractivity contribution is -0.00518. The lowest BCUT2D eigenvalue weighted by Gasteiger charge is -2.57. The van der Waals surface area contributed by atoms with Crippen LogP contribution < -0.4 is 10.6 Å². The van der Waals surface area contributed by atoms with E-state index < -0.39 is 5.97 Å². The molecule has 2 aromatic carbocycles. The molecule has 4 bridgehead atoms. The van der Waals surface area contributed by atoms with Crippen molar-refractivity contribution in [2.75, 3.05) is 10.6 Å². The first-order valence-electron chi connectivity index (χ1n) is 11.9. The quantitative estimate of drug-likeness (QED) is 0.365. The molecule has 4 aliphatic carbocycles. The molecule has 4 aliphatic rings. The van der Waals surface area contributed by atoms with Crippen molar-refractivity contribution < 1.29 is 9.90 Å². The van der Waals surface area contributed by atoms with Crippen LogP contribution in [0.25, 0.3) is 0 Å². The van der Waals surface area contributed by atoms with E-state index in [0.29, 0.717) is 5.41 Å². The van der Waals surface area contributed by atoms with E-state index in [-0.39, 0.29) is 11.4 Å². The first-order valence-corrected chi connectivity index (χ1v) is 12.3. The summed E-state index contributed by atoms with van der Waals surface area (Å²) in [4.78, 5) is 19.2. The first-order chi connectivity index (χ1) is 16.5. The molecule has 0 saturated heterocycles. The van der Waals surface area contributed by atoms with Gasteiger partial charge in [0.15, 0.2) is 0 Å². The number of carbonyl (C=O) groups is 1. The van der Waals surface area contributed by atoms with Crippen LogP contribution in [0.15, 0.2) is 55.0 Å². The molecule has 0 amide bonds. The predicted octanol–water partition coefficient (Wildman–Crippen LogP) is 6.78. The van der Waals surface area contributed by atoms with Crippen LogP contribution in [0.5, 0.6) is 0 Å². The van der Waals surface area contributed by atoms with Gasteiger partial charge >= 0.3 is 5.97 Å². The topological polar surface area (TPSA) is 87.1 Å². The zero-order valence-electron chi connectivity index (χ0n) is 18.8. The van der Waals surface area contributed by atoms with E-state index in [2.05, 4.69) is 38.8 Å². The number of carboxylic acid groups (broad SMARTS) is 1. The molecular weight excluding hydrogens is 448 g/mol. The zero-order valence-corrected chi connectivity index (χ0v) is 19.6. The summed E-state index contributed by atoms with van der Waals surface area (Å²) in [5.41, 5.74) is 4.29. The van der Waals surface area contributed by atoms with Gasteiger partial charge in [-0.2, -0.15) is 0 Å². The van der Waals surface area contributed by atoms with E-state index in [0.717, 1.165) is 39.8 Å². The van der Waals surface area contributed by atoms with Gasteiger partial charge in [0.25, 0.3) is 0 Å². The second kappa shape index (κ2) is 8.27. The van der Waals surface area contributed by atoms with E-state index in [4.69, 9.17) is 11.6 Å². The Morgan fingerprint density at radius 1 is 0.941 bits per heavy atom. The number of nitrogens with zero attached hydrogens (tertiary/aromatic N) is 2. The number of aromatic nitrogens is 2. The monoisotopic (exact) mass is 474 g/mol. The maximum atomic E-state index is 11.4. The van der Waals surface area contributed by atoms with Gasteiger partial charge in [0.2, 0.25) is 0 Å². The standard InChI is InChI=1S/C27H27ClN4O2/c28-23-10-19(27-11-16-7-17(12-27)9-18(8-16)13-27)1-6-24(23)31-20-2-4-21(5-3-20)32-25-22(26(33)34)14-29-15-30-25/h1-6,10,14-18,31H,7-9,11-13H2,(H,33,34)(H,29,30,32). The minimum Gasteiger partial charge on any atom is -0.477 e. The normalized spacial score (nSPS) is 26.9. The summed E-state index contributed by atoms with van der Waals surface area (Å²) in [7, 11) is 0. The molecule has 0 aliphatic heterocycles. The van der Waals surface area contributed by atoms with Crippen LogP contribution in [0.1, 0.15) is 54.4 Å². The minimum absolute atomic E-state index is 0.0237. The number of halogens is 1. The SMILES string of the molecule is O=C(O)c1cncnc1Nc1ccc(Nc2ccc(C34CC5CC(CC(C5)C3)C4)cc2Cl)cc1. The van der Waals surface area contributed by atoms with Crippen molar-refractivity contribution in [2.45, 2.75) is 43.9 Å². The van der Waals surface area contributed by atoms with Gasteiger partial charge in [0.1, 0.15) is 17.7 Å². The number of hydrogen-bond donors (Lipinski definition) is 3. The van der Waals surface area contributed by atoms with Crippen molar-refractivity contribution in [1.82, 2.24) is 9.97 Å². The van der Waals surface area contributed by atoms with Gasteiger partial charge in [0.05, 0.1) is 10.7 Å². The molecule has 4 saturated carbocycles. The molecule has 7 heteroatoms. The van der Waals surface area contributed by atoms with Crippen molar-refractivity contribution in [2.24, 2.45) is 17.8 Å². The summed E-state index contributed by atoms with van der Waals surface area (Å²) in [5.74, 6) is 1.90. The van der Waals surface area contributed by atoms with E-state index in [1.54, 1.807) is 0 Å². The third-order valence-electron chi connectivity index (χ3n) is 7.99. The molecule has 0 atom stereocenters. The number of aromatic carboxylic acids is 1. The number of benzene rings is 2. The van der Waals surface area contributed by atoms with Crippen molar-refractivity contribution in [3.8, 4) is 0 Å². The van der Waals surface area contributed by atoms with E-state index in [1.807, 2.05) is 24.3 Å². The second-order valence-corrected chi connectivity index (χ2v) is 10.7. The van der Waals surface area contributed by atoms with Gasteiger partial charge in [-0.25, -0.2) is 14.8 Å². The lowest BCUT2D eigenvalue weighted by Crippen LogP contribution is -2.48. The fraction of sp³-hybridized carbons (Fsp3) is 0.370. The minimum atomic E-state index is -1.08. The van der Waals surface area contributed by atoms with Crippen molar-refractivity contribution in [3.63, 3.8) is 0 Å². The third-order valence-corrected chi connectivity index (χ3v) is 8.30. The summed E-state index contributed by atoms with van der Waals surface area (Å²) in [5, 5.41) is 16.5. The Kier molecular flexibility index (Phi) is 5.21. The highest BCUT2D eigenvalue weighted by Crippen LogP contribution is 2.61. The summed E-state index contributed by atoms with van der Waals surface area (Å²) in [6, 6.07) is 14.2. The van der Waals surface area contributed by atoms with Crippen LogP contribution >= 0.6 is 11.6 Å². The van der Waals surface area contributed by atoms with Crippen molar-refractivity contribution >= 4 is 40.5 Å². The molecule has 7 rings (SSSR count). The van der Waals surface area contributed by atoms with Crippen LogP contribution in [-0.4, -0.2) is 21.0 Å². The molecule has 0 radical (unpaired) electrons. The van der Waals surface area contributed by atoms with Gasteiger partial charge in [0, 0.05) is 17.6 Å². The third kappa shape index (κ3) is 3.90. The van der Waals surface area contributed by atoms with E-state index in [1.165, 1.54) is 56.6 Å². The molecule has 1 heterocycles. The summed E-state index contributed by atoms with van der Waals surface area (Å²) >= 11 is 6.76. The maximum Gasteiger partial charge on any atom is 0.341 e. The Hall–Kier alpha value is -3.12. The van der Waals surface area contributed by atoms with E-state index >= 15 is 0 Å². The fourth-order valence-electron chi connectivity index (χ4n) is 6.93. The van der Waals surface area contributed by atoms with E-state index in [9.17, 15) is 9.90 Å². The highest BCUT2D eigenvalue weighted by atomic mass is 35.5. The van der Waals surface area contributed by atoms with Gasteiger partial charge in [-0.05, 0) is 104 Å². The zero-order chi connectivity index (χ0) is 23.3. The molecule has 0 spiro atoms. The Morgan fingerprint density at radius 2 is 1.56 bits per heavy atom. The second-order valence-electron chi connectivity index (χ2n) is 10.3.